The number of likely N-dealkylation sites (tertiary alicyclic amines) is 1. The Morgan fingerprint density at radius 2 is 2.13 bits per heavy atom. The lowest BCUT2D eigenvalue weighted by atomic mass is 10.1. The molecule has 0 radical (unpaired) electrons. The smallest absolute Gasteiger partial charge is 0.0320 e. The molecule has 1 heterocycles. The molecule has 0 aliphatic carbocycles. The third kappa shape index (κ3) is 2.53. The summed E-state index contributed by atoms with van der Waals surface area (Å²) in [7, 11) is 0. The average Bonchev–Trinajstić information content (AvgIpc) is 2.78. The number of hydrogen-bond acceptors (Lipinski definition) is 1. The molecule has 2 atom stereocenters. The van der Waals surface area contributed by atoms with Crippen molar-refractivity contribution in [3.63, 3.8) is 0 Å². The summed E-state index contributed by atoms with van der Waals surface area (Å²) in [5, 5.41) is 0. The van der Waals surface area contributed by atoms with Gasteiger partial charge in [0, 0.05) is 18.5 Å². The van der Waals surface area contributed by atoms with Gasteiger partial charge < -0.3 is 0 Å². The zero-order valence-electron chi connectivity index (χ0n) is 9.20. The van der Waals surface area contributed by atoms with Gasteiger partial charge in [0.05, 0.1) is 0 Å². The zero-order chi connectivity index (χ0) is 10.7. The minimum absolute atomic E-state index is 0.527. The van der Waals surface area contributed by atoms with Crippen LogP contribution in [0.15, 0.2) is 30.3 Å². The summed E-state index contributed by atoms with van der Waals surface area (Å²) in [5.74, 6) is 1.50. The van der Waals surface area contributed by atoms with Crippen LogP contribution in [0.3, 0.4) is 0 Å². The standard InChI is InChI=1S/C13H18ClN/c1-11(13-5-3-2-4-6-13)15-8-7-12(9-14)10-15/h2-6,11-12H,7-10H2,1H3/t11-,12+/m1/s1. The molecule has 0 N–H and O–H groups in total. The summed E-state index contributed by atoms with van der Waals surface area (Å²) in [6, 6.07) is 11.2. The minimum atomic E-state index is 0.527. The van der Waals surface area contributed by atoms with Gasteiger partial charge in [-0.2, -0.15) is 0 Å². The predicted octanol–water partition coefficient (Wildman–Crippen LogP) is 3.31. The molecule has 82 valence electrons. The zero-order valence-corrected chi connectivity index (χ0v) is 9.95. The molecule has 1 aliphatic heterocycles. The Balaban J connectivity index is 2.00. The molecule has 1 aliphatic rings. The van der Waals surface area contributed by atoms with Gasteiger partial charge in [0.1, 0.15) is 0 Å². The van der Waals surface area contributed by atoms with E-state index in [9.17, 15) is 0 Å². The van der Waals surface area contributed by atoms with Gasteiger partial charge in [0.25, 0.3) is 0 Å². The third-order valence-electron chi connectivity index (χ3n) is 3.37. The Morgan fingerprint density at radius 1 is 1.40 bits per heavy atom. The minimum Gasteiger partial charge on any atom is -0.296 e. The van der Waals surface area contributed by atoms with Crippen LogP contribution in [0.5, 0.6) is 0 Å². The molecule has 1 aromatic rings. The first-order chi connectivity index (χ1) is 7.31. The topological polar surface area (TPSA) is 3.24 Å². The van der Waals surface area contributed by atoms with Crippen molar-refractivity contribution in [3.05, 3.63) is 35.9 Å². The summed E-state index contributed by atoms with van der Waals surface area (Å²) in [6.45, 7) is 4.62. The number of hydrogen-bond donors (Lipinski definition) is 0. The van der Waals surface area contributed by atoms with Gasteiger partial charge in [-0.15, -0.1) is 11.6 Å². The van der Waals surface area contributed by atoms with Gasteiger partial charge in [-0.3, -0.25) is 4.90 Å². The molecule has 0 spiro atoms. The first-order valence-electron chi connectivity index (χ1n) is 5.66. The summed E-state index contributed by atoms with van der Waals surface area (Å²) in [5.41, 5.74) is 1.41. The van der Waals surface area contributed by atoms with Crippen LogP contribution in [0.1, 0.15) is 24.9 Å². The fourth-order valence-corrected chi connectivity index (χ4v) is 2.53. The molecule has 1 fully saturated rings. The van der Waals surface area contributed by atoms with Gasteiger partial charge in [-0.1, -0.05) is 30.3 Å². The fourth-order valence-electron chi connectivity index (χ4n) is 2.28. The lowest BCUT2D eigenvalue weighted by molar-refractivity contribution is 0.255. The van der Waals surface area contributed by atoms with Gasteiger partial charge >= 0.3 is 0 Å². The molecule has 0 unspecified atom stereocenters. The van der Waals surface area contributed by atoms with Crippen LogP contribution in [-0.4, -0.2) is 23.9 Å². The molecule has 1 aromatic carbocycles. The van der Waals surface area contributed by atoms with E-state index in [1.165, 1.54) is 18.5 Å². The van der Waals surface area contributed by atoms with Gasteiger partial charge in [-0.25, -0.2) is 0 Å². The number of alkyl halides is 1. The molecular formula is C13H18ClN. The number of rotatable bonds is 3. The summed E-state index contributed by atoms with van der Waals surface area (Å²) < 4.78 is 0. The molecule has 0 aromatic heterocycles. The van der Waals surface area contributed by atoms with Crippen LogP contribution < -0.4 is 0 Å². The molecule has 2 heteroatoms. The maximum absolute atomic E-state index is 5.90. The van der Waals surface area contributed by atoms with Crippen LogP contribution in [0.2, 0.25) is 0 Å². The normalized spacial score (nSPS) is 24.3. The summed E-state index contributed by atoms with van der Waals surface area (Å²) in [6.07, 6.45) is 1.25. The van der Waals surface area contributed by atoms with E-state index in [2.05, 4.69) is 42.2 Å². The van der Waals surface area contributed by atoms with Crippen molar-refractivity contribution in [1.82, 2.24) is 4.90 Å². The maximum Gasteiger partial charge on any atom is 0.0320 e. The van der Waals surface area contributed by atoms with Crippen molar-refractivity contribution in [2.45, 2.75) is 19.4 Å². The highest BCUT2D eigenvalue weighted by Gasteiger charge is 2.25. The molecule has 0 saturated carbocycles. The van der Waals surface area contributed by atoms with E-state index in [0.717, 1.165) is 12.4 Å². The monoisotopic (exact) mass is 223 g/mol. The van der Waals surface area contributed by atoms with Gasteiger partial charge in [0.15, 0.2) is 0 Å². The second-order valence-corrected chi connectivity index (χ2v) is 4.70. The molecule has 2 rings (SSSR count). The van der Waals surface area contributed by atoms with E-state index in [4.69, 9.17) is 11.6 Å². The Labute approximate surface area is 97.0 Å². The molecule has 15 heavy (non-hydrogen) atoms. The summed E-state index contributed by atoms with van der Waals surface area (Å²) in [4.78, 5) is 2.53. The van der Waals surface area contributed by atoms with Crippen molar-refractivity contribution < 1.29 is 0 Å². The Bertz CT molecular complexity index is 299. The summed E-state index contributed by atoms with van der Waals surface area (Å²) >= 11 is 5.90. The van der Waals surface area contributed by atoms with Crippen LogP contribution >= 0.6 is 11.6 Å². The lowest BCUT2D eigenvalue weighted by Crippen LogP contribution is -2.24. The molecule has 0 bridgehead atoms. The van der Waals surface area contributed by atoms with E-state index in [-0.39, 0.29) is 0 Å². The molecular weight excluding hydrogens is 206 g/mol. The highest BCUT2D eigenvalue weighted by atomic mass is 35.5. The van der Waals surface area contributed by atoms with Crippen molar-refractivity contribution in [2.75, 3.05) is 19.0 Å². The largest absolute Gasteiger partial charge is 0.296 e. The maximum atomic E-state index is 5.90. The van der Waals surface area contributed by atoms with Gasteiger partial charge in [-0.05, 0) is 31.4 Å². The Hall–Kier alpha value is -0.530. The molecule has 1 nitrogen and oxygen atoms in total. The predicted molar refractivity (Wildman–Crippen MR) is 65.3 cm³/mol. The molecule has 0 amide bonds. The van der Waals surface area contributed by atoms with E-state index in [1.807, 2.05) is 0 Å². The second-order valence-electron chi connectivity index (χ2n) is 4.39. The Kier molecular flexibility index (Phi) is 3.66. The SMILES string of the molecule is C[C@H](c1ccccc1)N1CC[C@@H](CCl)C1. The Morgan fingerprint density at radius 3 is 2.73 bits per heavy atom. The van der Waals surface area contributed by atoms with Crippen LogP contribution in [0.25, 0.3) is 0 Å². The van der Waals surface area contributed by atoms with E-state index < -0.39 is 0 Å². The van der Waals surface area contributed by atoms with Crippen molar-refractivity contribution in [2.24, 2.45) is 5.92 Å². The van der Waals surface area contributed by atoms with Crippen LogP contribution in [0.4, 0.5) is 0 Å². The fraction of sp³-hybridized carbons (Fsp3) is 0.538. The highest BCUT2D eigenvalue weighted by molar-refractivity contribution is 6.18. The van der Waals surface area contributed by atoms with Gasteiger partial charge in [0.2, 0.25) is 0 Å². The highest BCUT2D eigenvalue weighted by Crippen LogP contribution is 2.27. The quantitative estimate of drug-likeness (QED) is 0.711. The van der Waals surface area contributed by atoms with Crippen molar-refractivity contribution in [1.29, 1.82) is 0 Å². The third-order valence-corrected chi connectivity index (χ3v) is 3.80. The number of benzene rings is 1. The van der Waals surface area contributed by atoms with Crippen molar-refractivity contribution in [3.8, 4) is 0 Å². The van der Waals surface area contributed by atoms with E-state index in [1.54, 1.807) is 0 Å². The van der Waals surface area contributed by atoms with Crippen LogP contribution in [0, 0.1) is 5.92 Å². The molecule has 1 saturated heterocycles. The number of halogens is 1. The second kappa shape index (κ2) is 5.00. The van der Waals surface area contributed by atoms with Crippen LogP contribution in [-0.2, 0) is 0 Å². The van der Waals surface area contributed by atoms with E-state index in [0.29, 0.717) is 12.0 Å². The average molecular weight is 224 g/mol. The number of nitrogens with zero attached hydrogens (tertiary/aromatic N) is 1. The lowest BCUT2D eigenvalue weighted by Gasteiger charge is -2.24. The first-order valence-corrected chi connectivity index (χ1v) is 6.19. The van der Waals surface area contributed by atoms with Crippen molar-refractivity contribution >= 4 is 11.6 Å². The first kappa shape index (κ1) is 11.0. The van der Waals surface area contributed by atoms with E-state index >= 15 is 0 Å².